The van der Waals surface area contributed by atoms with E-state index in [-0.39, 0.29) is 0 Å². The number of hydrogen-bond donors (Lipinski definition) is 2. The number of rotatable bonds is 7. The molecule has 4 heteroatoms. The van der Waals surface area contributed by atoms with Gasteiger partial charge in [-0.15, -0.1) is 0 Å². The fourth-order valence-corrected chi connectivity index (χ4v) is 1.27. The molecule has 0 saturated carbocycles. The van der Waals surface area contributed by atoms with E-state index in [0.29, 0.717) is 12.2 Å². The first-order valence-corrected chi connectivity index (χ1v) is 7.43. The Hall–Kier alpha value is -2.36. The molecule has 0 bridgehead atoms. The summed E-state index contributed by atoms with van der Waals surface area (Å²) in [6.07, 6.45) is 14.3. The summed E-state index contributed by atoms with van der Waals surface area (Å²) >= 11 is 0. The van der Waals surface area contributed by atoms with Crippen molar-refractivity contribution in [3.63, 3.8) is 0 Å². The minimum absolute atomic E-state index is 0.558. The summed E-state index contributed by atoms with van der Waals surface area (Å²) in [5.74, 6) is -2.51. The van der Waals surface area contributed by atoms with Gasteiger partial charge in [-0.05, 0) is 47.5 Å². The zero-order chi connectivity index (χ0) is 18.3. The number of carboxylic acids is 2. The monoisotopic (exact) mass is 320 g/mol. The van der Waals surface area contributed by atoms with Gasteiger partial charge in [0.05, 0.1) is 0 Å². The molecule has 4 nitrogen and oxygen atoms in total. The van der Waals surface area contributed by atoms with Gasteiger partial charge in [0.2, 0.25) is 0 Å². The molecular formula is C19H28O4. The Morgan fingerprint density at radius 1 is 0.913 bits per heavy atom. The van der Waals surface area contributed by atoms with Crippen LogP contribution in [0.2, 0.25) is 0 Å². The quantitative estimate of drug-likeness (QED) is 0.397. The normalized spacial score (nSPS) is 12.0. The Balaban J connectivity index is 0. The minimum atomic E-state index is -1.26. The minimum Gasteiger partial charge on any atom is -0.478 e. The SMILES string of the molecule is CC=C(C)C=CC=C(C)CCC=C(C)C.O=C(O)/C=C\C(=O)O. The molecule has 0 heterocycles. The van der Waals surface area contributed by atoms with Crippen LogP contribution in [0.25, 0.3) is 0 Å². The third-order valence-electron chi connectivity index (χ3n) is 2.65. The number of carboxylic acid groups (broad SMARTS) is 2. The highest BCUT2D eigenvalue weighted by atomic mass is 16.4. The molecule has 0 aliphatic carbocycles. The lowest BCUT2D eigenvalue weighted by atomic mass is 10.1. The highest BCUT2D eigenvalue weighted by Gasteiger charge is 1.88. The summed E-state index contributed by atoms with van der Waals surface area (Å²) in [7, 11) is 0. The predicted molar refractivity (Wildman–Crippen MR) is 95.4 cm³/mol. The van der Waals surface area contributed by atoms with Crippen molar-refractivity contribution in [3.05, 3.63) is 59.3 Å². The molecule has 0 aromatic rings. The van der Waals surface area contributed by atoms with Crippen molar-refractivity contribution in [3.8, 4) is 0 Å². The van der Waals surface area contributed by atoms with E-state index in [1.165, 1.54) is 16.7 Å². The highest BCUT2D eigenvalue weighted by molar-refractivity contribution is 5.89. The maximum Gasteiger partial charge on any atom is 0.328 e. The van der Waals surface area contributed by atoms with E-state index < -0.39 is 11.9 Å². The molecule has 0 unspecified atom stereocenters. The molecule has 0 aromatic carbocycles. The first-order chi connectivity index (χ1) is 10.7. The van der Waals surface area contributed by atoms with Crippen LogP contribution in [0.4, 0.5) is 0 Å². The zero-order valence-corrected chi connectivity index (χ0v) is 14.7. The van der Waals surface area contributed by atoms with Gasteiger partial charge in [-0.25, -0.2) is 9.59 Å². The molecule has 128 valence electrons. The van der Waals surface area contributed by atoms with Crippen LogP contribution in [0.1, 0.15) is 47.5 Å². The van der Waals surface area contributed by atoms with Gasteiger partial charge in [-0.2, -0.15) is 0 Å². The van der Waals surface area contributed by atoms with Crippen molar-refractivity contribution in [2.24, 2.45) is 0 Å². The molecule has 0 atom stereocenters. The van der Waals surface area contributed by atoms with Crippen molar-refractivity contribution >= 4 is 11.9 Å². The van der Waals surface area contributed by atoms with Crippen molar-refractivity contribution in [2.45, 2.75) is 47.5 Å². The van der Waals surface area contributed by atoms with Crippen molar-refractivity contribution in [2.75, 3.05) is 0 Å². The number of carbonyl (C=O) groups is 2. The standard InChI is InChI=1S/C15H24.C4H4O4/c1-6-14(4)10-8-12-15(5)11-7-9-13(2)3;5-3(6)1-2-4(7)8/h6,8-10,12H,7,11H2,1-5H3;1-2H,(H,5,6)(H,7,8)/b;2-1-. The average Bonchev–Trinajstić information content (AvgIpc) is 2.45. The van der Waals surface area contributed by atoms with Gasteiger partial charge in [-0.3, -0.25) is 0 Å². The third kappa shape index (κ3) is 22.1. The van der Waals surface area contributed by atoms with Gasteiger partial charge < -0.3 is 10.2 Å². The molecule has 0 fully saturated rings. The molecule has 0 spiro atoms. The van der Waals surface area contributed by atoms with Crippen LogP contribution in [0.3, 0.4) is 0 Å². The molecule has 2 N–H and O–H groups in total. The van der Waals surface area contributed by atoms with E-state index >= 15 is 0 Å². The Labute approximate surface area is 139 Å². The summed E-state index contributed by atoms with van der Waals surface area (Å²) in [6.45, 7) is 10.7. The maximum atomic E-state index is 9.55. The summed E-state index contributed by atoms with van der Waals surface area (Å²) in [6, 6.07) is 0. The van der Waals surface area contributed by atoms with Crippen LogP contribution in [0.5, 0.6) is 0 Å². The Morgan fingerprint density at radius 3 is 1.83 bits per heavy atom. The molecule has 0 amide bonds. The van der Waals surface area contributed by atoms with Crippen molar-refractivity contribution in [1.29, 1.82) is 0 Å². The van der Waals surface area contributed by atoms with Crippen LogP contribution in [-0.2, 0) is 9.59 Å². The Bertz CT molecular complexity index is 497. The second kappa shape index (κ2) is 14.6. The molecule has 0 aliphatic rings. The van der Waals surface area contributed by atoms with Crippen molar-refractivity contribution in [1.82, 2.24) is 0 Å². The van der Waals surface area contributed by atoms with E-state index in [9.17, 15) is 9.59 Å². The first-order valence-electron chi connectivity index (χ1n) is 7.43. The smallest absolute Gasteiger partial charge is 0.328 e. The van der Waals surface area contributed by atoms with Gasteiger partial charge in [0.15, 0.2) is 0 Å². The number of allylic oxidation sites excluding steroid dienone is 8. The zero-order valence-electron chi connectivity index (χ0n) is 14.7. The van der Waals surface area contributed by atoms with Crippen LogP contribution in [-0.4, -0.2) is 22.2 Å². The molecule has 23 heavy (non-hydrogen) atoms. The summed E-state index contributed by atoms with van der Waals surface area (Å²) < 4.78 is 0. The van der Waals surface area contributed by atoms with E-state index in [2.05, 4.69) is 65.0 Å². The van der Waals surface area contributed by atoms with Crippen LogP contribution in [0.15, 0.2) is 59.3 Å². The van der Waals surface area contributed by atoms with Crippen molar-refractivity contribution < 1.29 is 19.8 Å². The lowest BCUT2D eigenvalue weighted by Crippen LogP contribution is -1.91. The number of hydrogen-bond acceptors (Lipinski definition) is 2. The highest BCUT2D eigenvalue weighted by Crippen LogP contribution is 2.07. The predicted octanol–water partition coefficient (Wildman–Crippen LogP) is 4.91. The first kappa shape index (κ1) is 22.9. The maximum absolute atomic E-state index is 9.55. The van der Waals surface area contributed by atoms with E-state index in [0.717, 1.165) is 12.8 Å². The lowest BCUT2D eigenvalue weighted by Gasteiger charge is -1.96. The van der Waals surface area contributed by atoms with E-state index in [1.807, 2.05) is 0 Å². The largest absolute Gasteiger partial charge is 0.478 e. The molecule has 0 radical (unpaired) electrons. The average molecular weight is 320 g/mol. The van der Waals surface area contributed by atoms with Gasteiger partial charge >= 0.3 is 11.9 Å². The summed E-state index contributed by atoms with van der Waals surface area (Å²) in [5.41, 5.74) is 4.15. The van der Waals surface area contributed by atoms with Crippen LogP contribution < -0.4 is 0 Å². The topological polar surface area (TPSA) is 74.6 Å². The van der Waals surface area contributed by atoms with Gasteiger partial charge in [0, 0.05) is 12.2 Å². The Kier molecular flexibility index (Phi) is 14.5. The lowest BCUT2D eigenvalue weighted by molar-refractivity contribution is -0.134. The second-order valence-electron chi connectivity index (χ2n) is 5.23. The Morgan fingerprint density at radius 2 is 1.43 bits per heavy atom. The number of aliphatic carboxylic acids is 2. The van der Waals surface area contributed by atoms with Crippen LogP contribution in [0, 0.1) is 0 Å². The molecule has 0 aromatic heterocycles. The van der Waals surface area contributed by atoms with Gasteiger partial charge in [0.25, 0.3) is 0 Å². The fourth-order valence-electron chi connectivity index (χ4n) is 1.27. The fraction of sp³-hybridized carbons (Fsp3) is 0.368. The molecule has 0 saturated heterocycles. The van der Waals surface area contributed by atoms with Crippen LogP contribution >= 0.6 is 0 Å². The molecule has 0 aliphatic heterocycles. The van der Waals surface area contributed by atoms with E-state index in [1.54, 1.807) is 0 Å². The molecular weight excluding hydrogens is 292 g/mol. The summed E-state index contributed by atoms with van der Waals surface area (Å²) in [5, 5.41) is 15.6. The van der Waals surface area contributed by atoms with Gasteiger partial charge in [-0.1, -0.05) is 47.1 Å². The van der Waals surface area contributed by atoms with Gasteiger partial charge in [0.1, 0.15) is 0 Å². The second-order valence-corrected chi connectivity index (χ2v) is 5.23. The summed E-state index contributed by atoms with van der Waals surface area (Å²) in [4.78, 5) is 19.1. The van der Waals surface area contributed by atoms with E-state index in [4.69, 9.17) is 10.2 Å². The third-order valence-corrected chi connectivity index (χ3v) is 2.65. The molecule has 0 rings (SSSR count).